The molecule has 0 aliphatic carbocycles. The Morgan fingerprint density at radius 3 is 1.78 bits per heavy atom. The van der Waals surface area contributed by atoms with Crippen molar-refractivity contribution in [2.45, 2.75) is 57.2 Å². The van der Waals surface area contributed by atoms with E-state index in [0.717, 1.165) is 6.42 Å². The van der Waals surface area contributed by atoms with Gasteiger partial charge in [-0.25, -0.2) is 9.36 Å². The van der Waals surface area contributed by atoms with E-state index in [9.17, 15) is 9.36 Å². The number of aliphatic carboxylic acids is 1. The summed E-state index contributed by atoms with van der Waals surface area (Å²) in [5.74, 6) is -1.83. The molecule has 0 spiro atoms. The molecule has 140 valence electrons. The van der Waals surface area contributed by atoms with Crippen molar-refractivity contribution in [3.05, 3.63) is 0 Å². The molecule has 4 atom stereocenters. The number of rotatable bonds is 8. The van der Waals surface area contributed by atoms with Crippen molar-refractivity contribution in [2.24, 2.45) is 0 Å². The van der Waals surface area contributed by atoms with E-state index >= 15 is 0 Å². The Balaban J connectivity index is 0. The first kappa shape index (κ1) is 24.6. The number of hydrogen-bond acceptors (Lipinski definition) is 8. The van der Waals surface area contributed by atoms with Gasteiger partial charge in [0.05, 0.1) is 12.2 Å². The Labute approximate surface area is 133 Å². The van der Waals surface area contributed by atoms with Gasteiger partial charge in [0.1, 0.15) is 18.3 Å². The van der Waals surface area contributed by atoms with Crippen LogP contribution in [-0.4, -0.2) is 83.0 Å². The zero-order valence-electron chi connectivity index (χ0n) is 13.0. The molecular weight excluding hydrogens is 339 g/mol. The molecule has 8 N–H and O–H groups in total. The fourth-order valence-corrected chi connectivity index (χ4v) is 1.18. The van der Waals surface area contributed by atoms with Gasteiger partial charge >= 0.3 is 13.8 Å². The smallest absolute Gasteiger partial charge is 0.469 e. The molecule has 23 heavy (non-hydrogen) atoms. The maximum atomic E-state index is 10.2. The largest absolute Gasteiger partial charge is 0.479 e. The fourth-order valence-electron chi connectivity index (χ4n) is 0.833. The highest BCUT2D eigenvalue weighted by Crippen LogP contribution is 2.35. The van der Waals surface area contributed by atoms with Crippen LogP contribution in [0.2, 0.25) is 0 Å². The maximum Gasteiger partial charge on any atom is 0.469 e. The molecule has 0 bridgehead atoms. The predicted octanol–water partition coefficient (Wildman–Crippen LogP) is -2.21. The summed E-state index contributed by atoms with van der Waals surface area (Å²) in [6.07, 6.45) is -7.88. The van der Waals surface area contributed by atoms with Crippen LogP contribution in [0.1, 0.15) is 27.2 Å². The summed E-state index contributed by atoms with van der Waals surface area (Å²) in [7, 11) is -4.86. The number of carboxylic acid groups (broad SMARTS) is 1. The monoisotopic (exact) mass is 364 g/mol. The van der Waals surface area contributed by atoms with Crippen molar-refractivity contribution in [1.82, 2.24) is 0 Å². The van der Waals surface area contributed by atoms with Crippen LogP contribution in [0.3, 0.4) is 0 Å². The number of phosphoric acid groups is 1. The number of aliphatic hydroxyl groups excluding tert-OH is 4. The van der Waals surface area contributed by atoms with Gasteiger partial charge in [-0.05, 0) is 20.3 Å². The molecule has 0 aliphatic rings. The summed E-state index contributed by atoms with van der Waals surface area (Å²) in [4.78, 5) is 26.8. The van der Waals surface area contributed by atoms with E-state index in [1.54, 1.807) is 13.8 Å². The van der Waals surface area contributed by atoms with E-state index in [0.29, 0.717) is 0 Å². The number of carboxylic acids is 1. The van der Waals surface area contributed by atoms with Crippen molar-refractivity contribution in [1.29, 1.82) is 0 Å². The fraction of sp³-hybridized carbons (Fsp3) is 0.909. The first-order valence-corrected chi connectivity index (χ1v) is 8.03. The number of aliphatic hydroxyl groups is 5. The van der Waals surface area contributed by atoms with Gasteiger partial charge in [-0.2, -0.15) is 0 Å². The van der Waals surface area contributed by atoms with Gasteiger partial charge in [0.2, 0.25) is 0 Å². The van der Waals surface area contributed by atoms with Crippen molar-refractivity contribution in [3.63, 3.8) is 0 Å². The lowest BCUT2D eigenvalue weighted by Crippen LogP contribution is -2.48. The van der Waals surface area contributed by atoms with Gasteiger partial charge in [0.15, 0.2) is 6.10 Å². The van der Waals surface area contributed by atoms with Crippen LogP contribution in [-0.2, 0) is 13.9 Å². The van der Waals surface area contributed by atoms with E-state index in [4.69, 9.17) is 40.4 Å². The highest BCUT2D eigenvalue weighted by molar-refractivity contribution is 7.46. The van der Waals surface area contributed by atoms with Crippen molar-refractivity contribution < 1.29 is 54.3 Å². The van der Waals surface area contributed by atoms with Gasteiger partial charge in [0, 0.05) is 0 Å². The lowest BCUT2D eigenvalue weighted by molar-refractivity contribution is -0.164. The number of carbonyl (C=O) groups is 1. The maximum absolute atomic E-state index is 10.2. The van der Waals surface area contributed by atoms with Crippen LogP contribution >= 0.6 is 7.82 Å². The average molecular weight is 364 g/mol. The van der Waals surface area contributed by atoms with E-state index in [1.165, 1.54) is 0 Å². The van der Waals surface area contributed by atoms with E-state index in [-0.39, 0.29) is 0 Å². The molecule has 0 aromatic heterocycles. The predicted molar refractivity (Wildman–Crippen MR) is 76.2 cm³/mol. The molecule has 0 aromatic rings. The zero-order chi connectivity index (χ0) is 19.0. The zero-order valence-corrected chi connectivity index (χ0v) is 13.9. The Kier molecular flexibility index (Phi) is 11.0. The third-order valence-corrected chi connectivity index (χ3v) is 3.08. The molecule has 0 saturated heterocycles. The van der Waals surface area contributed by atoms with Crippen LogP contribution in [0.25, 0.3) is 0 Å². The third kappa shape index (κ3) is 13.5. The van der Waals surface area contributed by atoms with E-state index < -0.39 is 50.4 Å². The first-order chi connectivity index (χ1) is 10.1. The Hall–Kier alpha value is -0.620. The molecular formula is C11H25O11P. The molecule has 0 aliphatic heterocycles. The first-order valence-electron chi connectivity index (χ1n) is 6.50. The summed E-state index contributed by atoms with van der Waals surface area (Å²) in [5.41, 5.74) is -0.458. The van der Waals surface area contributed by atoms with Gasteiger partial charge in [0.25, 0.3) is 0 Å². The Morgan fingerprint density at radius 1 is 1.13 bits per heavy atom. The highest BCUT2D eigenvalue weighted by atomic mass is 31.2. The summed E-state index contributed by atoms with van der Waals surface area (Å²) in [5, 5.41) is 53.2. The molecule has 4 unspecified atom stereocenters. The standard InChI is InChI=1S/C6H13O10P.C5H12O/c7-2(1-16-17(13,14)15)3(8)4(9)5(10)6(11)12;1-4-5(2,3)6/h2-5,7-10H,1H2,(H,11,12)(H2,13,14,15);6H,4H2,1-3H3. The minimum atomic E-state index is -4.86. The summed E-state index contributed by atoms with van der Waals surface area (Å²) in [6.45, 7) is 4.51. The molecule has 0 heterocycles. The van der Waals surface area contributed by atoms with E-state index in [1.807, 2.05) is 6.92 Å². The second-order valence-corrected chi connectivity index (χ2v) is 6.52. The SMILES string of the molecule is CCC(C)(C)O.O=C(O)C(O)C(O)C(O)C(O)COP(=O)(O)O. The van der Waals surface area contributed by atoms with Crippen LogP contribution in [0.4, 0.5) is 0 Å². The molecule has 0 radical (unpaired) electrons. The second kappa shape index (κ2) is 10.3. The van der Waals surface area contributed by atoms with Gasteiger partial charge in [-0.15, -0.1) is 0 Å². The quantitative estimate of drug-likeness (QED) is 0.217. The molecule has 11 nitrogen and oxygen atoms in total. The van der Waals surface area contributed by atoms with Gasteiger partial charge < -0.3 is 40.4 Å². The lowest BCUT2D eigenvalue weighted by Gasteiger charge is -2.24. The lowest BCUT2D eigenvalue weighted by atomic mass is 10.0. The minimum Gasteiger partial charge on any atom is -0.479 e. The topological polar surface area (TPSA) is 205 Å². The molecule has 0 rings (SSSR count). The minimum absolute atomic E-state index is 0.458. The second-order valence-electron chi connectivity index (χ2n) is 5.28. The van der Waals surface area contributed by atoms with Crippen LogP contribution < -0.4 is 0 Å². The van der Waals surface area contributed by atoms with Crippen LogP contribution in [0.5, 0.6) is 0 Å². The Bertz CT molecular complexity index is 388. The third-order valence-electron chi connectivity index (χ3n) is 2.60. The van der Waals surface area contributed by atoms with Gasteiger partial charge in [-0.3, -0.25) is 4.52 Å². The van der Waals surface area contributed by atoms with Gasteiger partial charge in [-0.1, -0.05) is 6.92 Å². The van der Waals surface area contributed by atoms with Crippen molar-refractivity contribution in [3.8, 4) is 0 Å². The molecule has 0 fully saturated rings. The van der Waals surface area contributed by atoms with Crippen LogP contribution in [0, 0.1) is 0 Å². The number of phosphoric ester groups is 1. The van der Waals surface area contributed by atoms with Crippen LogP contribution in [0.15, 0.2) is 0 Å². The normalized spacial score (nSPS) is 17.5. The summed E-state index contributed by atoms with van der Waals surface area (Å²) < 4.78 is 14.1. The highest BCUT2D eigenvalue weighted by Gasteiger charge is 2.35. The van der Waals surface area contributed by atoms with Crippen molar-refractivity contribution >= 4 is 13.8 Å². The number of hydrogen-bond donors (Lipinski definition) is 8. The Morgan fingerprint density at radius 2 is 1.52 bits per heavy atom. The molecule has 0 amide bonds. The molecule has 0 saturated carbocycles. The van der Waals surface area contributed by atoms with Crippen molar-refractivity contribution in [2.75, 3.05) is 6.61 Å². The van der Waals surface area contributed by atoms with E-state index in [2.05, 4.69) is 4.52 Å². The molecule has 0 aromatic carbocycles. The summed E-state index contributed by atoms with van der Waals surface area (Å²) in [6, 6.07) is 0. The average Bonchev–Trinajstić information content (AvgIpc) is 2.41. The summed E-state index contributed by atoms with van der Waals surface area (Å²) >= 11 is 0. The molecule has 12 heteroatoms.